The third-order valence-corrected chi connectivity index (χ3v) is 3.78. The van der Waals surface area contributed by atoms with E-state index in [2.05, 4.69) is 0 Å². The number of aliphatic hydroxyl groups is 1. The molecule has 1 rings (SSSR count). The summed E-state index contributed by atoms with van der Waals surface area (Å²) in [7, 11) is 0. The van der Waals surface area contributed by atoms with Gasteiger partial charge in [0.2, 0.25) is 0 Å². The van der Waals surface area contributed by atoms with E-state index in [1.807, 2.05) is 55.4 Å². The van der Waals surface area contributed by atoms with E-state index in [0.29, 0.717) is 6.61 Å². The van der Waals surface area contributed by atoms with Crippen molar-refractivity contribution in [2.24, 2.45) is 5.92 Å². The monoisotopic (exact) mass is 301 g/mol. The van der Waals surface area contributed by atoms with Crippen LogP contribution in [0.15, 0.2) is 0 Å². The van der Waals surface area contributed by atoms with E-state index >= 15 is 0 Å². The first kappa shape index (κ1) is 18.2. The van der Waals surface area contributed by atoms with E-state index in [1.165, 1.54) is 0 Å². The van der Waals surface area contributed by atoms with Crippen molar-refractivity contribution in [2.45, 2.75) is 84.8 Å². The SMILES string of the molecule is C[C@@H]1[C@H](O)[C@H](COC(C)(C)C)N(C(=O)OC(C)(C)C)[C@H]1C. The summed E-state index contributed by atoms with van der Waals surface area (Å²) >= 11 is 0. The molecule has 4 atom stereocenters. The first-order valence-corrected chi connectivity index (χ1v) is 7.67. The number of aliphatic hydroxyl groups excluding tert-OH is 1. The number of likely N-dealkylation sites (tertiary alicyclic amines) is 1. The number of amides is 1. The molecule has 0 unspecified atom stereocenters. The van der Waals surface area contributed by atoms with Crippen LogP contribution >= 0.6 is 0 Å². The highest BCUT2D eigenvalue weighted by Gasteiger charge is 2.47. The van der Waals surface area contributed by atoms with Crippen LogP contribution in [0.2, 0.25) is 0 Å². The van der Waals surface area contributed by atoms with E-state index in [-0.39, 0.29) is 29.7 Å². The van der Waals surface area contributed by atoms with Crippen molar-refractivity contribution in [1.82, 2.24) is 4.90 Å². The highest BCUT2D eigenvalue weighted by atomic mass is 16.6. The molecule has 1 aliphatic heterocycles. The topological polar surface area (TPSA) is 59.0 Å². The van der Waals surface area contributed by atoms with Crippen LogP contribution in [0.25, 0.3) is 0 Å². The summed E-state index contributed by atoms with van der Waals surface area (Å²) in [4.78, 5) is 14.1. The van der Waals surface area contributed by atoms with Gasteiger partial charge in [-0.3, -0.25) is 4.90 Å². The molecule has 1 saturated heterocycles. The summed E-state index contributed by atoms with van der Waals surface area (Å²) in [6, 6.07) is -0.451. The summed E-state index contributed by atoms with van der Waals surface area (Å²) in [6.07, 6.45) is -0.990. The zero-order chi connectivity index (χ0) is 16.6. The maximum atomic E-state index is 12.4. The third-order valence-electron chi connectivity index (χ3n) is 3.78. The Hall–Kier alpha value is -0.810. The van der Waals surface area contributed by atoms with Crippen molar-refractivity contribution in [3.8, 4) is 0 Å². The van der Waals surface area contributed by atoms with Crippen LogP contribution in [0, 0.1) is 5.92 Å². The molecule has 0 spiro atoms. The molecule has 5 nitrogen and oxygen atoms in total. The van der Waals surface area contributed by atoms with Gasteiger partial charge < -0.3 is 14.6 Å². The van der Waals surface area contributed by atoms with Gasteiger partial charge in [-0.15, -0.1) is 0 Å². The number of carbonyl (C=O) groups is 1. The largest absolute Gasteiger partial charge is 0.444 e. The minimum absolute atomic E-state index is 0.00825. The molecule has 5 heteroatoms. The Kier molecular flexibility index (Phi) is 5.32. The van der Waals surface area contributed by atoms with Crippen molar-refractivity contribution in [2.75, 3.05) is 6.61 Å². The molecule has 0 aromatic rings. The van der Waals surface area contributed by atoms with Crippen LogP contribution in [0.3, 0.4) is 0 Å². The van der Waals surface area contributed by atoms with Crippen LogP contribution in [-0.4, -0.2) is 52.1 Å². The van der Waals surface area contributed by atoms with Gasteiger partial charge in [-0.1, -0.05) is 6.92 Å². The number of hydrogen-bond donors (Lipinski definition) is 1. The van der Waals surface area contributed by atoms with Crippen LogP contribution in [0.5, 0.6) is 0 Å². The molecular formula is C16H31NO4. The average molecular weight is 301 g/mol. The zero-order valence-electron chi connectivity index (χ0n) is 14.6. The maximum absolute atomic E-state index is 12.4. The number of rotatable bonds is 2. The predicted molar refractivity (Wildman–Crippen MR) is 82.2 cm³/mol. The molecule has 0 bridgehead atoms. The summed E-state index contributed by atoms with van der Waals surface area (Å²) in [5, 5.41) is 10.4. The van der Waals surface area contributed by atoms with E-state index in [9.17, 15) is 9.90 Å². The molecule has 0 aromatic carbocycles. The minimum Gasteiger partial charge on any atom is -0.444 e. The fourth-order valence-electron chi connectivity index (χ4n) is 2.49. The predicted octanol–water partition coefficient (Wildman–Crippen LogP) is 2.81. The lowest BCUT2D eigenvalue weighted by atomic mass is 10.00. The highest BCUT2D eigenvalue weighted by Crippen LogP contribution is 2.32. The first-order chi connectivity index (χ1) is 9.33. The second kappa shape index (κ2) is 6.13. The molecule has 21 heavy (non-hydrogen) atoms. The Morgan fingerprint density at radius 2 is 1.62 bits per heavy atom. The van der Waals surface area contributed by atoms with Gasteiger partial charge in [-0.25, -0.2) is 4.79 Å². The maximum Gasteiger partial charge on any atom is 0.410 e. The van der Waals surface area contributed by atoms with Crippen LogP contribution in [0.4, 0.5) is 4.79 Å². The molecule has 124 valence electrons. The van der Waals surface area contributed by atoms with Gasteiger partial charge in [-0.05, 0) is 48.5 Å². The van der Waals surface area contributed by atoms with Gasteiger partial charge in [0.15, 0.2) is 0 Å². The second-order valence-electron chi connectivity index (χ2n) is 7.97. The number of ether oxygens (including phenoxy) is 2. The fraction of sp³-hybridized carbons (Fsp3) is 0.938. The molecular weight excluding hydrogens is 270 g/mol. The molecule has 0 radical (unpaired) electrons. The molecule has 1 fully saturated rings. The Labute approximate surface area is 128 Å². The van der Waals surface area contributed by atoms with Crippen LogP contribution < -0.4 is 0 Å². The quantitative estimate of drug-likeness (QED) is 0.852. The smallest absolute Gasteiger partial charge is 0.410 e. The van der Waals surface area contributed by atoms with Crippen molar-refractivity contribution in [3.05, 3.63) is 0 Å². The molecule has 0 aliphatic carbocycles. The third kappa shape index (κ3) is 4.85. The van der Waals surface area contributed by atoms with Gasteiger partial charge >= 0.3 is 6.09 Å². The normalized spacial score (nSPS) is 30.6. The molecule has 1 amide bonds. The van der Waals surface area contributed by atoms with Crippen molar-refractivity contribution >= 4 is 6.09 Å². The first-order valence-electron chi connectivity index (χ1n) is 7.67. The Morgan fingerprint density at radius 3 is 2.05 bits per heavy atom. The van der Waals surface area contributed by atoms with Crippen molar-refractivity contribution < 1.29 is 19.4 Å². The molecule has 1 aliphatic rings. The lowest BCUT2D eigenvalue weighted by Gasteiger charge is -2.33. The summed E-state index contributed by atoms with van der Waals surface area (Å²) < 4.78 is 11.3. The van der Waals surface area contributed by atoms with Crippen LogP contribution in [-0.2, 0) is 9.47 Å². The van der Waals surface area contributed by atoms with Gasteiger partial charge in [-0.2, -0.15) is 0 Å². The average Bonchev–Trinajstić information content (AvgIpc) is 2.47. The van der Waals surface area contributed by atoms with Gasteiger partial charge in [0.1, 0.15) is 5.60 Å². The molecule has 1 N–H and O–H groups in total. The lowest BCUT2D eigenvalue weighted by molar-refractivity contribution is -0.0546. The van der Waals surface area contributed by atoms with Gasteiger partial charge in [0, 0.05) is 12.0 Å². The minimum atomic E-state index is -0.602. The molecule has 0 saturated carbocycles. The van der Waals surface area contributed by atoms with Crippen molar-refractivity contribution in [3.63, 3.8) is 0 Å². The highest BCUT2D eigenvalue weighted by molar-refractivity contribution is 5.69. The lowest BCUT2D eigenvalue weighted by Crippen LogP contribution is -2.48. The van der Waals surface area contributed by atoms with E-state index in [0.717, 1.165) is 0 Å². The fourth-order valence-corrected chi connectivity index (χ4v) is 2.49. The Bertz CT molecular complexity index is 369. The summed E-state index contributed by atoms with van der Waals surface area (Å²) in [6.45, 7) is 15.6. The standard InChI is InChI=1S/C16H31NO4/c1-10-11(2)17(14(19)21-16(6,7)8)12(13(10)18)9-20-15(3,4)5/h10-13,18H,9H2,1-8H3/t10-,11-,12-,13-/m0/s1. The van der Waals surface area contributed by atoms with Crippen molar-refractivity contribution in [1.29, 1.82) is 0 Å². The van der Waals surface area contributed by atoms with E-state index in [1.54, 1.807) is 4.90 Å². The Morgan fingerprint density at radius 1 is 1.10 bits per heavy atom. The van der Waals surface area contributed by atoms with E-state index < -0.39 is 11.7 Å². The number of carbonyl (C=O) groups excluding carboxylic acids is 1. The zero-order valence-corrected chi connectivity index (χ0v) is 14.6. The van der Waals surface area contributed by atoms with Gasteiger partial charge in [0.05, 0.1) is 24.4 Å². The molecule has 0 aromatic heterocycles. The van der Waals surface area contributed by atoms with Crippen LogP contribution in [0.1, 0.15) is 55.4 Å². The summed E-state index contributed by atoms with van der Waals surface area (Å²) in [5.74, 6) is -0.00825. The molecule has 1 heterocycles. The number of hydrogen-bond acceptors (Lipinski definition) is 4. The number of nitrogens with zero attached hydrogens (tertiary/aromatic N) is 1. The Balaban J connectivity index is 2.88. The van der Waals surface area contributed by atoms with E-state index in [4.69, 9.17) is 9.47 Å². The van der Waals surface area contributed by atoms with Gasteiger partial charge in [0.25, 0.3) is 0 Å². The summed E-state index contributed by atoms with van der Waals surface area (Å²) in [5.41, 5.74) is -0.864. The second-order valence-corrected chi connectivity index (χ2v) is 7.97.